The number of rotatable bonds is 5. The van der Waals surface area contributed by atoms with Gasteiger partial charge in [-0.05, 0) is 31.1 Å². The number of hydrogen-bond donors (Lipinski definition) is 2. The molecule has 0 spiro atoms. The zero-order valence-electron chi connectivity index (χ0n) is 15.2. The van der Waals surface area contributed by atoms with E-state index < -0.39 is 0 Å². The van der Waals surface area contributed by atoms with Gasteiger partial charge in [0.05, 0.1) is 31.9 Å². The second kappa shape index (κ2) is 8.45. The van der Waals surface area contributed by atoms with Crippen molar-refractivity contribution in [2.45, 2.75) is 19.9 Å². The highest BCUT2D eigenvalue weighted by Crippen LogP contribution is 2.03. The number of piperazine rings is 1. The lowest BCUT2D eigenvalue weighted by Gasteiger charge is -2.33. The van der Waals surface area contributed by atoms with Gasteiger partial charge in [-0.25, -0.2) is 0 Å². The molecule has 0 atom stereocenters. The van der Waals surface area contributed by atoms with E-state index in [0.29, 0.717) is 0 Å². The average Bonchev–Trinajstić information content (AvgIpc) is 2.93. The van der Waals surface area contributed by atoms with E-state index in [4.69, 9.17) is 12.2 Å². The van der Waals surface area contributed by atoms with Crippen LogP contribution in [0.4, 0.5) is 0 Å². The van der Waals surface area contributed by atoms with E-state index in [9.17, 15) is 0 Å². The van der Waals surface area contributed by atoms with Gasteiger partial charge in [-0.15, -0.1) is 0 Å². The Bertz CT molecular complexity index is 689. The third-order valence-electron chi connectivity index (χ3n) is 4.85. The predicted octanol–water partition coefficient (Wildman–Crippen LogP) is 0.546. The topological polar surface area (TPSA) is 37.5 Å². The monoisotopic (exact) mass is 358 g/mol. The van der Waals surface area contributed by atoms with Gasteiger partial charge in [0.15, 0.2) is 5.11 Å². The maximum Gasteiger partial charge on any atom is 0.169 e. The molecule has 1 aromatic carbocycles. The quantitative estimate of drug-likeness (QED) is 0.766. The van der Waals surface area contributed by atoms with E-state index in [1.165, 1.54) is 11.1 Å². The molecule has 1 saturated heterocycles. The summed E-state index contributed by atoms with van der Waals surface area (Å²) in [5.74, 6) is 0. The molecule has 1 aliphatic heterocycles. The molecule has 0 unspecified atom stereocenters. The summed E-state index contributed by atoms with van der Waals surface area (Å²) in [6, 6.07) is 10.5. The van der Waals surface area contributed by atoms with Crippen molar-refractivity contribution >= 4 is 17.3 Å². The van der Waals surface area contributed by atoms with Crippen LogP contribution in [0.15, 0.2) is 36.5 Å². The molecule has 0 radical (unpaired) electrons. The van der Waals surface area contributed by atoms with Crippen LogP contribution in [0, 0.1) is 6.92 Å². The Labute approximate surface area is 155 Å². The van der Waals surface area contributed by atoms with Crippen molar-refractivity contribution in [1.82, 2.24) is 20.0 Å². The SMILES string of the molecule is Cc1nn(C)cc1C[NH+]1CCN(C(=S)NCCc2ccccc2)CC1. The minimum Gasteiger partial charge on any atom is -0.362 e. The number of nitrogens with zero attached hydrogens (tertiary/aromatic N) is 3. The first-order chi connectivity index (χ1) is 12.1. The number of aryl methyl sites for hydroxylation is 2. The molecule has 0 aliphatic carbocycles. The van der Waals surface area contributed by atoms with Crippen LogP contribution in [0.25, 0.3) is 0 Å². The summed E-state index contributed by atoms with van der Waals surface area (Å²) in [7, 11) is 1.99. The fraction of sp³-hybridized carbons (Fsp3) is 0.474. The van der Waals surface area contributed by atoms with Crippen molar-refractivity contribution in [1.29, 1.82) is 0 Å². The normalized spacial score (nSPS) is 15.4. The van der Waals surface area contributed by atoms with Crippen LogP contribution in [0.5, 0.6) is 0 Å². The molecule has 1 fully saturated rings. The Morgan fingerprint density at radius 3 is 2.60 bits per heavy atom. The van der Waals surface area contributed by atoms with Crippen LogP contribution >= 0.6 is 12.2 Å². The molecule has 134 valence electrons. The molecule has 2 aromatic rings. The molecule has 2 N–H and O–H groups in total. The molecule has 1 aliphatic rings. The molecule has 25 heavy (non-hydrogen) atoms. The van der Waals surface area contributed by atoms with E-state index in [1.54, 1.807) is 4.90 Å². The fourth-order valence-electron chi connectivity index (χ4n) is 3.36. The van der Waals surface area contributed by atoms with Crippen LogP contribution in [0.2, 0.25) is 0 Å². The molecule has 0 bridgehead atoms. The summed E-state index contributed by atoms with van der Waals surface area (Å²) in [6.45, 7) is 8.32. The highest BCUT2D eigenvalue weighted by atomic mass is 32.1. The van der Waals surface area contributed by atoms with Crippen molar-refractivity contribution in [3.8, 4) is 0 Å². The third kappa shape index (κ3) is 5.03. The van der Waals surface area contributed by atoms with Gasteiger partial charge in [-0.2, -0.15) is 5.10 Å². The van der Waals surface area contributed by atoms with Crippen molar-refractivity contribution < 1.29 is 4.90 Å². The zero-order valence-corrected chi connectivity index (χ0v) is 16.0. The van der Waals surface area contributed by atoms with Gasteiger partial charge >= 0.3 is 0 Å². The molecule has 5 nitrogen and oxygen atoms in total. The minimum atomic E-state index is 0.894. The second-order valence-electron chi connectivity index (χ2n) is 6.79. The Kier molecular flexibility index (Phi) is 6.04. The summed E-state index contributed by atoms with van der Waals surface area (Å²) >= 11 is 5.57. The zero-order chi connectivity index (χ0) is 17.6. The molecule has 2 heterocycles. The standard InChI is InChI=1S/C19H27N5S/c1-16-18(14-22(2)21-16)15-23-10-12-24(13-11-23)19(25)20-9-8-17-6-4-3-5-7-17/h3-7,14H,8-13,15H2,1-2H3,(H,20,25)/p+1. The van der Waals surface area contributed by atoms with E-state index in [1.807, 2.05) is 11.7 Å². The average molecular weight is 359 g/mol. The summed E-state index contributed by atoms with van der Waals surface area (Å²) in [5, 5.41) is 8.75. The van der Waals surface area contributed by atoms with Crippen LogP contribution in [-0.4, -0.2) is 52.5 Å². The summed E-state index contributed by atoms with van der Waals surface area (Å²) < 4.78 is 1.91. The Hall–Kier alpha value is -1.92. The number of benzene rings is 1. The van der Waals surface area contributed by atoms with E-state index in [2.05, 4.69) is 58.8 Å². The lowest BCUT2D eigenvalue weighted by atomic mass is 10.1. The second-order valence-corrected chi connectivity index (χ2v) is 7.18. The summed E-state index contributed by atoms with van der Waals surface area (Å²) in [4.78, 5) is 3.92. The van der Waals surface area contributed by atoms with Crippen LogP contribution in [0.3, 0.4) is 0 Å². The lowest BCUT2D eigenvalue weighted by molar-refractivity contribution is -0.917. The van der Waals surface area contributed by atoms with Crippen molar-refractivity contribution in [3.63, 3.8) is 0 Å². The van der Waals surface area contributed by atoms with E-state index in [-0.39, 0.29) is 0 Å². The van der Waals surface area contributed by atoms with E-state index in [0.717, 1.165) is 56.5 Å². The molecule has 6 heteroatoms. The molecular weight excluding hydrogens is 330 g/mol. The highest BCUT2D eigenvalue weighted by molar-refractivity contribution is 7.80. The van der Waals surface area contributed by atoms with Gasteiger partial charge in [0, 0.05) is 25.4 Å². The number of hydrogen-bond acceptors (Lipinski definition) is 2. The first kappa shape index (κ1) is 17.9. The molecule has 1 aromatic heterocycles. The van der Waals surface area contributed by atoms with Gasteiger partial charge in [-0.3, -0.25) is 4.68 Å². The van der Waals surface area contributed by atoms with Gasteiger partial charge in [0.1, 0.15) is 6.54 Å². The highest BCUT2D eigenvalue weighted by Gasteiger charge is 2.22. The van der Waals surface area contributed by atoms with Crippen molar-refractivity contribution in [2.24, 2.45) is 7.05 Å². The number of thiocarbonyl (C=S) groups is 1. The van der Waals surface area contributed by atoms with E-state index >= 15 is 0 Å². The first-order valence-electron chi connectivity index (χ1n) is 9.01. The molecule has 3 rings (SSSR count). The third-order valence-corrected chi connectivity index (χ3v) is 5.25. The Morgan fingerprint density at radius 2 is 1.96 bits per heavy atom. The maximum atomic E-state index is 5.57. The first-order valence-corrected chi connectivity index (χ1v) is 9.42. The van der Waals surface area contributed by atoms with Gasteiger partial charge in [0.25, 0.3) is 0 Å². The fourth-order valence-corrected chi connectivity index (χ4v) is 3.65. The number of aromatic nitrogens is 2. The maximum absolute atomic E-state index is 5.57. The predicted molar refractivity (Wildman–Crippen MR) is 105 cm³/mol. The number of nitrogens with one attached hydrogen (secondary N) is 2. The smallest absolute Gasteiger partial charge is 0.169 e. The number of quaternary nitrogens is 1. The minimum absolute atomic E-state index is 0.894. The van der Waals surface area contributed by atoms with Gasteiger partial charge in [-0.1, -0.05) is 30.3 Å². The van der Waals surface area contributed by atoms with Crippen LogP contribution in [-0.2, 0) is 20.0 Å². The lowest BCUT2D eigenvalue weighted by Crippen LogP contribution is -3.13. The van der Waals surface area contributed by atoms with Crippen molar-refractivity contribution in [2.75, 3.05) is 32.7 Å². The van der Waals surface area contributed by atoms with Crippen LogP contribution < -0.4 is 10.2 Å². The molecule has 0 amide bonds. The van der Waals surface area contributed by atoms with Gasteiger partial charge in [0.2, 0.25) is 0 Å². The van der Waals surface area contributed by atoms with Crippen molar-refractivity contribution in [3.05, 3.63) is 53.3 Å². The molecule has 0 saturated carbocycles. The summed E-state index contributed by atoms with van der Waals surface area (Å²) in [5.41, 5.74) is 3.85. The van der Waals surface area contributed by atoms with Crippen LogP contribution in [0.1, 0.15) is 16.8 Å². The Balaban J connectivity index is 1.39. The van der Waals surface area contributed by atoms with Gasteiger partial charge < -0.3 is 15.1 Å². The summed E-state index contributed by atoms with van der Waals surface area (Å²) in [6.07, 6.45) is 3.15. The largest absolute Gasteiger partial charge is 0.362 e. The Morgan fingerprint density at radius 1 is 1.24 bits per heavy atom. The molecular formula is C19H28N5S+.